The van der Waals surface area contributed by atoms with Crippen molar-refractivity contribution in [1.82, 2.24) is 4.57 Å². The van der Waals surface area contributed by atoms with Crippen LogP contribution in [0.1, 0.15) is 0 Å². The Morgan fingerprint density at radius 3 is 1.64 bits per heavy atom. The van der Waals surface area contributed by atoms with Crippen LogP contribution in [0.4, 0.5) is 17.1 Å². The van der Waals surface area contributed by atoms with Crippen LogP contribution in [0.25, 0.3) is 91.8 Å². The third-order valence-electron chi connectivity index (χ3n) is 12.2. The number of aromatic nitrogens is 1. The normalized spacial score (nSPS) is 11.6. The molecule has 0 fully saturated rings. The first-order valence-electron chi connectivity index (χ1n) is 20.9. The molecule has 61 heavy (non-hydrogen) atoms. The summed E-state index contributed by atoms with van der Waals surface area (Å²) < 4.78 is 5.01. The van der Waals surface area contributed by atoms with E-state index in [1.165, 1.54) is 75.1 Å². The Morgan fingerprint density at radius 1 is 0.344 bits per heavy atom. The van der Waals surface area contributed by atoms with Gasteiger partial charge in [-0.25, -0.2) is 0 Å². The van der Waals surface area contributed by atoms with Gasteiger partial charge in [-0.1, -0.05) is 176 Å². The Kier molecular flexibility index (Phi) is 8.39. The molecule has 0 aliphatic rings. The van der Waals surface area contributed by atoms with Gasteiger partial charge in [-0.2, -0.15) is 0 Å². The lowest BCUT2D eigenvalue weighted by atomic mass is 9.90. The third-order valence-corrected chi connectivity index (χ3v) is 13.3. The summed E-state index contributed by atoms with van der Waals surface area (Å²) >= 11 is 1.86. The van der Waals surface area contributed by atoms with Gasteiger partial charge in [0.2, 0.25) is 0 Å². The molecule has 10 aromatic carbocycles. The van der Waals surface area contributed by atoms with Crippen molar-refractivity contribution in [3.63, 3.8) is 0 Å². The highest BCUT2D eigenvalue weighted by Crippen LogP contribution is 2.50. The summed E-state index contributed by atoms with van der Waals surface area (Å²) in [5.74, 6) is 0. The number of fused-ring (bicyclic) bond motifs is 7. The average molecular weight is 795 g/mol. The number of nitrogens with zero attached hydrogens (tertiary/aromatic N) is 2. The number of hydrogen-bond donors (Lipinski definition) is 0. The first-order valence-corrected chi connectivity index (χ1v) is 21.7. The van der Waals surface area contributed by atoms with Gasteiger partial charge in [0.05, 0.1) is 22.4 Å². The van der Waals surface area contributed by atoms with Crippen molar-refractivity contribution < 1.29 is 0 Å². The molecule has 2 heterocycles. The minimum absolute atomic E-state index is 1.08. The molecule has 0 saturated carbocycles. The molecule has 0 spiro atoms. The van der Waals surface area contributed by atoms with E-state index in [2.05, 4.69) is 240 Å². The Morgan fingerprint density at radius 2 is 0.885 bits per heavy atom. The monoisotopic (exact) mass is 794 g/mol. The maximum Gasteiger partial charge on any atom is 0.0561 e. The van der Waals surface area contributed by atoms with Crippen LogP contribution in [0.15, 0.2) is 231 Å². The second kappa shape index (κ2) is 14.5. The SMILES string of the molecule is c1ccc(-c2cccc3cccc(-c4ccccc4N(c4ccc5c6ccccc6n(-c6ccccc6)c5c4)c4ccccc4-c4cccc5sc6ccccc6c45)c23)cc1. The van der Waals surface area contributed by atoms with Gasteiger partial charge < -0.3 is 9.47 Å². The highest BCUT2D eigenvalue weighted by molar-refractivity contribution is 7.25. The van der Waals surface area contributed by atoms with Gasteiger partial charge in [-0.15, -0.1) is 11.3 Å². The molecule has 2 nitrogen and oxygen atoms in total. The molecule has 0 atom stereocenters. The average Bonchev–Trinajstić information content (AvgIpc) is 3.88. The van der Waals surface area contributed by atoms with E-state index in [1.807, 2.05) is 11.3 Å². The molecular weight excluding hydrogens is 757 g/mol. The molecule has 286 valence electrons. The summed E-state index contributed by atoms with van der Waals surface area (Å²) in [6, 6.07) is 84.3. The van der Waals surface area contributed by atoms with Crippen LogP contribution in [0, 0.1) is 0 Å². The molecule has 0 aliphatic heterocycles. The van der Waals surface area contributed by atoms with Crippen LogP contribution in [0.3, 0.4) is 0 Å². The van der Waals surface area contributed by atoms with Gasteiger partial charge in [0, 0.05) is 53.4 Å². The minimum Gasteiger partial charge on any atom is -0.309 e. The quantitative estimate of drug-likeness (QED) is 0.156. The van der Waals surface area contributed by atoms with Crippen LogP contribution in [0.5, 0.6) is 0 Å². The lowest BCUT2D eigenvalue weighted by molar-refractivity contribution is 1.18. The molecule has 12 aromatic rings. The molecule has 0 amide bonds. The maximum absolute atomic E-state index is 2.51. The molecular formula is C58H38N2S. The van der Waals surface area contributed by atoms with E-state index in [0.717, 1.165) is 33.8 Å². The predicted molar refractivity (Wildman–Crippen MR) is 262 cm³/mol. The van der Waals surface area contributed by atoms with Crippen LogP contribution >= 0.6 is 11.3 Å². The van der Waals surface area contributed by atoms with Crippen molar-refractivity contribution in [1.29, 1.82) is 0 Å². The number of thiophene rings is 1. The van der Waals surface area contributed by atoms with E-state index >= 15 is 0 Å². The van der Waals surface area contributed by atoms with E-state index in [-0.39, 0.29) is 0 Å². The molecule has 2 aromatic heterocycles. The smallest absolute Gasteiger partial charge is 0.0561 e. The zero-order valence-electron chi connectivity index (χ0n) is 33.2. The van der Waals surface area contributed by atoms with Gasteiger partial charge in [-0.05, 0) is 87.6 Å². The number of para-hydroxylation sites is 4. The number of benzene rings is 10. The van der Waals surface area contributed by atoms with Crippen molar-refractivity contribution in [3.05, 3.63) is 231 Å². The maximum atomic E-state index is 2.51. The van der Waals surface area contributed by atoms with Crippen molar-refractivity contribution in [2.75, 3.05) is 4.90 Å². The molecule has 0 bridgehead atoms. The van der Waals surface area contributed by atoms with Crippen LogP contribution < -0.4 is 4.90 Å². The van der Waals surface area contributed by atoms with E-state index in [1.54, 1.807) is 0 Å². The van der Waals surface area contributed by atoms with Crippen molar-refractivity contribution in [2.45, 2.75) is 0 Å². The zero-order valence-corrected chi connectivity index (χ0v) is 34.1. The first-order chi connectivity index (χ1) is 30.3. The number of rotatable bonds is 7. The van der Waals surface area contributed by atoms with Crippen LogP contribution in [-0.4, -0.2) is 4.57 Å². The largest absolute Gasteiger partial charge is 0.309 e. The van der Waals surface area contributed by atoms with E-state index in [4.69, 9.17) is 0 Å². The summed E-state index contributed by atoms with van der Waals surface area (Å²) in [5, 5.41) is 7.50. The highest BCUT2D eigenvalue weighted by Gasteiger charge is 2.24. The zero-order chi connectivity index (χ0) is 40.3. The Labute approximate surface area is 358 Å². The van der Waals surface area contributed by atoms with Crippen molar-refractivity contribution in [3.8, 4) is 39.1 Å². The molecule has 0 radical (unpaired) electrons. The van der Waals surface area contributed by atoms with E-state index in [0.29, 0.717) is 0 Å². The molecule has 0 saturated heterocycles. The van der Waals surface area contributed by atoms with Gasteiger partial charge >= 0.3 is 0 Å². The fourth-order valence-electron chi connectivity index (χ4n) is 9.58. The Balaban J connectivity index is 1.17. The summed E-state index contributed by atoms with van der Waals surface area (Å²) in [6.07, 6.45) is 0. The lowest BCUT2D eigenvalue weighted by Crippen LogP contribution is -2.12. The Hall–Kier alpha value is -7.72. The summed E-state index contributed by atoms with van der Waals surface area (Å²) in [6.45, 7) is 0. The molecule has 3 heteroatoms. The minimum atomic E-state index is 1.08. The molecule has 0 N–H and O–H groups in total. The third kappa shape index (κ3) is 5.78. The molecule has 0 unspecified atom stereocenters. The van der Waals surface area contributed by atoms with Gasteiger partial charge in [0.25, 0.3) is 0 Å². The standard InChI is InChI=1S/C58H38N2S/c1-3-18-39(19-4-1)43-28-15-20-40-21-16-29-48(57(40)43)45-25-8-12-32-52(45)60(42-36-37-47-44-24-7-11-31-51(44)59(54(47)38-42)41-22-5-2-6-23-41)53-33-13-9-26-46(53)49-30-17-35-56-58(49)50-27-10-14-34-55(50)61-56/h1-38H. The van der Waals surface area contributed by atoms with Gasteiger partial charge in [0.1, 0.15) is 0 Å². The van der Waals surface area contributed by atoms with Gasteiger partial charge in [-0.3, -0.25) is 0 Å². The van der Waals surface area contributed by atoms with E-state index < -0.39 is 0 Å². The fourth-order valence-corrected chi connectivity index (χ4v) is 10.7. The van der Waals surface area contributed by atoms with Crippen LogP contribution in [-0.2, 0) is 0 Å². The number of hydrogen-bond acceptors (Lipinski definition) is 2. The number of anilines is 3. The topological polar surface area (TPSA) is 8.17 Å². The van der Waals surface area contributed by atoms with Crippen molar-refractivity contribution >= 4 is 81.1 Å². The van der Waals surface area contributed by atoms with Crippen LogP contribution in [0.2, 0.25) is 0 Å². The van der Waals surface area contributed by atoms with Gasteiger partial charge in [0.15, 0.2) is 0 Å². The summed E-state index contributed by atoms with van der Waals surface area (Å²) in [4.78, 5) is 2.51. The predicted octanol–water partition coefficient (Wildman–Crippen LogP) is 16.8. The summed E-state index contributed by atoms with van der Waals surface area (Å²) in [5.41, 5.74) is 14.0. The molecule has 0 aliphatic carbocycles. The van der Waals surface area contributed by atoms with Crippen molar-refractivity contribution in [2.24, 2.45) is 0 Å². The first kappa shape index (κ1) is 35.2. The lowest BCUT2D eigenvalue weighted by Gasteiger charge is -2.30. The highest BCUT2D eigenvalue weighted by atomic mass is 32.1. The Bertz CT molecular complexity index is 3590. The second-order valence-electron chi connectivity index (χ2n) is 15.6. The summed E-state index contributed by atoms with van der Waals surface area (Å²) in [7, 11) is 0. The second-order valence-corrected chi connectivity index (χ2v) is 16.7. The molecule has 12 rings (SSSR count). The van der Waals surface area contributed by atoms with E-state index in [9.17, 15) is 0 Å². The fraction of sp³-hybridized carbons (Fsp3) is 0.